The van der Waals surface area contributed by atoms with Gasteiger partial charge in [-0.1, -0.05) is 44.2 Å². The third-order valence-corrected chi connectivity index (χ3v) is 6.63. The topological polar surface area (TPSA) is 48.1 Å². The van der Waals surface area contributed by atoms with Crippen LogP contribution >= 0.6 is 0 Å². The molecular weight excluding hydrogens is 370 g/mol. The summed E-state index contributed by atoms with van der Waals surface area (Å²) in [6, 6.07) is 16.7. The molecule has 3 aromatic rings. The number of amides is 1. The first-order valence-electron chi connectivity index (χ1n) is 10.9. The summed E-state index contributed by atoms with van der Waals surface area (Å²) in [5, 5.41) is 4.65. The van der Waals surface area contributed by atoms with Gasteiger partial charge in [0.1, 0.15) is 0 Å². The Hall–Kier alpha value is -2.85. The number of benzene rings is 2. The van der Waals surface area contributed by atoms with Crippen LogP contribution in [0, 0.1) is 0 Å². The van der Waals surface area contributed by atoms with E-state index >= 15 is 0 Å². The van der Waals surface area contributed by atoms with Crippen LogP contribution < -0.4 is 5.32 Å². The largest absolute Gasteiger partial charge is 0.355 e. The van der Waals surface area contributed by atoms with Gasteiger partial charge >= 0.3 is 0 Å². The second kappa shape index (κ2) is 7.44. The van der Waals surface area contributed by atoms with Gasteiger partial charge in [-0.25, -0.2) is 0 Å². The number of hydrogen-bond donors (Lipinski definition) is 2. The zero-order chi connectivity index (χ0) is 20.7. The number of hydrogen-bond acceptors (Lipinski definition) is 2. The Bertz CT molecular complexity index is 1100. The molecule has 5 rings (SSSR count). The van der Waals surface area contributed by atoms with Crippen molar-refractivity contribution in [2.75, 3.05) is 19.6 Å². The number of carbonyl (C=O) groups excluding carboxylic acids is 1. The van der Waals surface area contributed by atoms with E-state index in [0.717, 1.165) is 29.9 Å². The average molecular weight is 400 g/mol. The highest BCUT2D eigenvalue weighted by atomic mass is 16.2. The summed E-state index contributed by atoms with van der Waals surface area (Å²) in [5.41, 5.74) is 5.46. The van der Waals surface area contributed by atoms with Crippen LogP contribution in [-0.2, 0) is 5.41 Å². The highest BCUT2D eigenvalue weighted by Gasteiger charge is 2.32. The maximum atomic E-state index is 13.3. The quantitative estimate of drug-likeness (QED) is 0.634. The Kier molecular flexibility index (Phi) is 4.75. The van der Waals surface area contributed by atoms with Gasteiger partial charge < -0.3 is 15.2 Å². The maximum Gasteiger partial charge on any atom is 0.257 e. The minimum Gasteiger partial charge on any atom is -0.355 e. The Balaban J connectivity index is 1.41. The van der Waals surface area contributed by atoms with Crippen molar-refractivity contribution in [2.45, 2.75) is 38.0 Å². The molecule has 0 radical (unpaired) electrons. The summed E-state index contributed by atoms with van der Waals surface area (Å²) in [6.07, 6.45) is 6.32. The molecule has 2 aliphatic heterocycles. The number of H-pyrrole nitrogens is 1. The lowest BCUT2D eigenvalue weighted by Gasteiger charge is -2.30. The van der Waals surface area contributed by atoms with Gasteiger partial charge in [-0.3, -0.25) is 4.79 Å². The molecule has 0 spiro atoms. The average Bonchev–Trinajstić information content (AvgIpc) is 3.10. The van der Waals surface area contributed by atoms with Crippen molar-refractivity contribution in [1.29, 1.82) is 0 Å². The van der Waals surface area contributed by atoms with E-state index in [2.05, 4.69) is 60.5 Å². The van der Waals surface area contributed by atoms with Crippen molar-refractivity contribution in [1.82, 2.24) is 15.2 Å². The van der Waals surface area contributed by atoms with E-state index in [0.29, 0.717) is 12.5 Å². The molecule has 3 heterocycles. The second-order valence-corrected chi connectivity index (χ2v) is 9.24. The van der Waals surface area contributed by atoms with Gasteiger partial charge in [0, 0.05) is 40.3 Å². The molecular formula is C26H29N3O. The van der Waals surface area contributed by atoms with Crippen molar-refractivity contribution in [3.63, 3.8) is 0 Å². The summed E-state index contributed by atoms with van der Waals surface area (Å²) in [6.45, 7) is 7.24. The Morgan fingerprint density at radius 2 is 1.77 bits per heavy atom. The van der Waals surface area contributed by atoms with Crippen molar-refractivity contribution < 1.29 is 4.79 Å². The molecule has 0 bridgehead atoms. The molecule has 154 valence electrons. The number of nitrogens with zero attached hydrogens (tertiary/aromatic N) is 1. The number of aromatic amines is 1. The predicted molar refractivity (Wildman–Crippen MR) is 123 cm³/mol. The van der Waals surface area contributed by atoms with Crippen LogP contribution in [0.1, 0.15) is 59.8 Å². The molecule has 1 amide bonds. The van der Waals surface area contributed by atoms with E-state index in [1.165, 1.54) is 29.4 Å². The summed E-state index contributed by atoms with van der Waals surface area (Å²) >= 11 is 0. The molecule has 2 N–H and O–H groups in total. The van der Waals surface area contributed by atoms with Gasteiger partial charge in [-0.2, -0.15) is 0 Å². The molecule has 4 heteroatoms. The standard InChI is InChI=1S/C26H29N3O/c1-26(2)17-29(16-13-23-24(26)21-5-3-4-6-22(21)28-23)25(30)20-9-7-18(8-10-20)19-11-14-27-15-12-19/h3-10,13,16,19,27-28H,11-12,14-15,17H2,1-2H3. The lowest BCUT2D eigenvalue weighted by Crippen LogP contribution is -2.36. The molecule has 2 aromatic carbocycles. The number of fused-ring (bicyclic) bond motifs is 3. The van der Waals surface area contributed by atoms with Crippen LogP contribution in [0.4, 0.5) is 0 Å². The van der Waals surface area contributed by atoms with Crippen LogP contribution in [0.5, 0.6) is 0 Å². The summed E-state index contributed by atoms with van der Waals surface area (Å²) < 4.78 is 0. The van der Waals surface area contributed by atoms with E-state index in [1.54, 1.807) is 0 Å². The zero-order valence-electron chi connectivity index (χ0n) is 17.7. The van der Waals surface area contributed by atoms with Gasteiger partial charge in [0.05, 0.1) is 0 Å². The van der Waals surface area contributed by atoms with Gasteiger partial charge in [0.2, 0.25) is 0 Å². The predicted octanol–water partition coefficient (Wildman–Crippen LogP) is 5.04. The first-order chi connectivity index (χ1) is 14.5. The van der Waals surface area contributed by atoms with Crippen LogP contribution in [0.3, 0.4) is 0 Å². The van der Waals surface area contributed by atoms with Crippen LogP contribution in [0.2, 0.25) is 0 Å². The van der Waals surface area contributed by atoms with Crippen LogP contribution in [0.25, 0.3) is 17.0 Å². The number of nitrogens with one attached hydrogen (secondary N) is 2. The molecule has 0 saturated carbocycles. The molecule has 30 heavy (non-hydrogen) atoms. The second-order valence-electron chi connectivity index (χ2n) is 9.24. The highest BCUT2D eigenvalue weighted by Crippen LogP contribution is 2.37. The normalized spacial score (nSPS) is 18.9. The number of para-hydroxylation sites is 1. The summed E-state index contributed by atoms with van der Waals surface area (Å²) in [5.74, 6) is 0.663. The first-order valence-corrected chi connectivity index (χ1v) is 10.9. The molecule has 0 atom stereocenters. The summed E-state index contributed by atoms with van der Waals surface area (Å²) in [4.78, 5) is 18.7. The Labute approximate surface area is 178 Å². The number of rotatable bonds is 2. The van der Waals surface area contributed by atoms with E-state index in [4.69, 9.17) is 0 Å². The fourth-order valence-electron chi connectivity index (χ4n) is 5.10. The Morgan fingerprint density at radius 3 is 2.53 bits per heavy atom. The van der Waals surface area contributed by atoms with Crippen molar-refractivity contribution in [2.24, 2.45) is 0 Å². The molecule has 1 saturated heterocycles. The molecule has 4 nitrogen and oxygen atoms in total. The van der Waals surface area contributed by atoms with Gasteiger partial charge in [-0.15, -0.1) is 0 Å². The van der Waals surface area contributed by atoms with Crippen LogP contribution in [-0.4, -0.2) is 35.4 Å². The number of aromatic nitrogens is 1. The number of carbonyl (C=O) groups is 1. The van der Waals surface area contributed by atoms with E-state index in [-0.39, 0.29) is 11.3 Å². The van der Waals surface area contributed by atoms with Crippen LogP contribution in [0.15, 0.2) is 54.7 Å². The van der Waals surface area contributed by atoms with Crippen molar-refractivity contribution >= 4 is 22.9 Å². The molecule has 1 aromatic heterocycles. The van der Waals surface area contributed by atoms with E-state index in [9.17, 15) is 4.79 Å². The van der Waals surface area contributed by atoms with Gasteiger partial charge in [0.15, 0.2) is 0 Å². The Morgan fingerprint density at radius 1 is 1.03 bits per heavy atom. The minimum absolute atomic E-state index is 0.0608. The van der Waals surface area contributed by atoms with Gasteiger partial charge in [0.25, 0.3) is 5.91 Å². The monoisotopic (exact) mass is 399 g/mol. The molecule has 0 unspecified atom stereocenters. The lowest BCUT2D eigenvalue weighted by molar-refractivity contribution is 0.0801. The zero-order valence-corrected chi connectivity index (χ0v) is 17.7. The fourth-order valence-corrected chi connectivity index (χ4v) is 5.10. The first kappa shape index (κ1) is 19.1. The fraction of sp³-hybridized carbons (Fsp3) is 0.346. The molecule has 1 fully saturated rings. The summed E-state index contributed by atoms with van der Waals surface area (Å²) in [7, 11) is 0. The third-order valence-electron chi connectivity index (χ3n) is 6.63. The lowest BCUT2D eigenvalue weighted by atomic mass is 9.82. The SMILES string of the molecule is CC1(C)CN(C(=O)c2ccc(C3CCNCC3)cc2)C=Cc2[nH]c3ccccc3c21. The third kappa shape index (κ3) is 3.35. The van der Waals surface area contributed by atoms with Crippen molar-refractivity contribution in [3.8, 4) is 0 Å². The van der Waals surface area contributed by atoms with Crippen molar-refractivity contribution in [3.05, 3.63) is 77.1 Å². The molecule has 0 aliphatic carbocycles. The minimum atomic E-state index is -0.164. The maximum absolute atomic E-state index is 13.3. The smallest absolute Gasteiger partial charge is 0.257 e. The molecule has 2 aliphatic rings. The number of piperidine rings is 1. The van der Waals surface area contributed by atoms with E-state index < -0.39 is 0 Å². The highest BCUT2D eigenvalue weighted by molar-refractivity contribution is 5.96. The van der Waals surface area contributed by atoms with Gasteiger partial charge in [-0.05, 0) is 67.3 Å². The van der Waals surface area contributed by atoms with E-state index in [1.807, 2.05) is 29.3 Å².